The molecule has 1 rings (SSSR count). The fourth-order valence-corrected chi connectivity index (χ4v) is 1.62. The monoisotopic (exact) mass is 302 g/mol. The first kappa shape index (κ1) is 14.1. The number of pyridine rings is 1. The van der Waals surface area contributed by atoms with Crippen LogP contribution < -0.4 is 5.32 Å². The Balaban J connectivity index is 2.84. The van der Waals surface area contributed by atoms with E-state index >= 15 is 0 Å². The van der Waals surface area contributed by atoms with Gasteiger partial charge in [-0.05, 0) is 34.5 Å². The number of aliphatic hydroxyl groups excluding tert-OH is 2. The molecule has 1 amide bonds. The Kier molecular flexibility index (Phi) is 5.04. The summed E-state index contributed by atoms with van der Waals surface area (Å²) < 4.78 is 0.556. The first-order valence-corrected chi connectivity index (χ1v) is 6.03. The smallest absolute Gasteiger partial charge is 0.270 e. The largest absolute Gasteiger partial charge is 0.394 e. The van der Waals surface area contributed by atoms with Gasteiger partial charge in [-0.25, -0.2) is 4.98 Å². The normalized spacial score (nSPS) is 11.3. The van der Waals surface area contributed by atoms with E-state index in [4.69, 9.17) is 0 Å². The molecule has 0 aliphatic heterocycles. The van der Waals surface area contributed by atoms with Crippen LogP contribution in [0.15, 0.2) is 22.8 Å². The second-order valence-electron chi connectivity index (χ2n) is 3.75. The quantitative estimate of drug-likeness (QED) is 0.700. The van der Waals surface area contributed by atoms with Gasteiger partial charge in [0.2, 0.25) is 0 Å². The van der Waals surface area contributed by atoms with Gasteiger partial charge < -0.3 is 15.5 Å². The minimum Gasteiger partial charge on any atom is -0.394 e. The number of rotatable bonds is 5. The van der Waals surface area contributed by atoms with E-state index in [1.807, 2.05) is 0 Å². The third kappa shape index (κ3) is 3.49. The molecule has 1 heterocycles. The minimum absolute atomic E-state index is 0.235. The molecule has 0 saturated heterocycles. The Morgan fingerprint density at radius 3 is 2.59 bits per heavy atom. The van der Waals surface area contributed by atoms with Gasteiger partial charge >= 0.3 is 0 Å². The summed E-state index contributed by atoms with van der Waals surface area (Å²) in [6.07, 6.45) is 0.430. The molecule has 0 aliphatic carbocycles. The molecule has 3 N–H and O–H groups in total. The highest BCUT2D eigenvalue weighted by Gasteiger charge is 2.29. The van der Waals surface area contributed by atoms with Crippen molar-refractivity contribution < 1.29 is 15.0 Å². The summed E-state index contributed by atoms with van der Waals surface area (Å²) >= 11 is 3.17. The zero-order valence-corrected chi connectivity index (χ0v) is 11.1. The average molecular weight is 303 g/mol. The minimum atomic E-state index is -0.999. The maximum absolute atomic E-state index is 11.9. The van der Waals surface area contributed by atoms with Gasteiger partial charge in [-0.2, -0.15) is 0 Å². The van der Waals surface area contributed by atoms with Gasteiger partial charge in [-0.15, -0.1) is 0 Å². The second-order valence-corrected chi connectivity index (χ2v) is 4.56. The summed E-state index contributed by atoms with van der Waals surface area (Å²) in [7, 11) is 0. The molecule has 0 spiro atoms. The number of nitrogens with zero attached hydrogens (tertiary/aromatic N) is 1. The average Bonchev–Trinajstić information content (AvgIpc) is 2.36. The Labute approximate surface area is 108 Å². The summed E-state index contributed by atoms with van der Waals surface area (Å²) in [5, 5.41) is 21.0. The lowest BCUT2D eigenvalue weighted by molar-refractivity contribution is 0.0649. The zero-order valence-electron chi connectivity index (χ0n) is 9.48. The molecule has 0 aromatic carbocycles. The molecule has 5 nitrogen and oxygen atoms in total. The molecule has 17 heavy (non-hydrogen) atoms. The van der Waals surface area contributed by atoms with Crippen molar-refractivity contribution in [3.8, 4) is 0 Å². The van der Waals surface area contributed by atoms with E-state index in [1.165, 1.54) is 0 Å². The molecule has 0 fully saturated rings. The number of carbonyl (C=O) groups excluding carboxylic acids is 1. The molecular formula is C11H15BrN2O3. The summed E-state index contributed by atoms with van der Waals surface area (Å²) in [4.78, 5) is 15.9. The van der Waals surface area contributed by atoms with Crippen molar-refractivity contribution in [3.63, 3.8) is 0 Å². The van der Waals surface area contributed by atoms with Gasteiger partial charge in [0.05, 0.1) is 18.8 Å². The van der Waals surface area contributed by atoms with Crippen molar-refractivity contribution in [2.24, 2.45) is 0 Å². The fraction of sp³-hybridized carbons (Fsp3) is 0.455. The van der Waals surface area contributed by atoms with Crippen LogP contribution in [0.5, 0.6) is 0 Å². The van der Waals surface area contributed by atoms with E-state index in [0.717, 1.165) is 0 Å². The summed E-state index contributed by atoms with van der Waals surface area (Å²) in [5.41, 5.74) is -0.764. The maximum atomic E-state index is 11.9. The van der Waals surface area contributed by atoms with Gasteiger partial charge in [-0.3, -0.25) is 4.79 Å². The third-order valence-corrected chi connectivity index (χ3v) is 3.05. The highest BCUT2D eigenvalue weighted by molar-refractivity contribution is 9.10. The van der Waals surface area contributed by atoms with Crippen LogP contribution in [0.2, 0.25) is 0 Å². The first-order chi connectivity index (χ1) is 8.06. The van der Waals surface area contributed by atoms with Crippen LogP contribution in [-0.2, 0) is 0 Å². The van der Waals surface area contributed by atoms with E-state index in [-0.39, 0.29) is 18.9 Å². The topological polar surface area (TPSA) is 82.5 Å². The van der Waals surface area contributed by atoms with Crippen LogP contribution in [0.4, 0.5) is 0 Å². The molecule has 0 unspecified atom stereocenters. The number of aliphatic hydroxyl groups is 2. The van der Waals surface area contributed by atoms with E-state index < -0.39 is 11.4 Å². The van der Waals surface area contributed by atoms with Crippen LogP contribution in [0.1, 0.15) is 23.8 Å². The molecule has 94 valence electrons. The second kappa shape index (κ2) is 6.09. The number of nitrogens with one attached hydrogen (secondary N) is 1. The molecule has 0 aliphatic rings. The van der Waals surface area contributed by atoms with Crippen LogP contribution >= 0.6 is 15.9 Å². The van der Waals surface area contributed by atoms with Crippen molar-refractivity contribution in [2.45, 2.75) is 18.9 Å². The van der Waals surface area contributed by atoms with E-state index in [9.17, 15) is 15.0 Å². The van der Waals surface area contributed by atoms with Gasteiger partial charge in [0.15, 0.2) is 0 Å². The van der Waals surface area contributed by atoms with Gasteiger partial charge in [-0.1, -0.05) is 13.0 Å². The molecule has 0 bridgehead atoms. The third-order valence-electron chi connectivity index (χ3n) is 2.61. The zero-order chi connectivity index (χ0) is 12.9. The number of aromatic nitrogens is 1. The lowest BCUT2D eigenvalue weighted by atomic mass is 9.98. The van der Waals surface area contributed by atoms with Crippen LogP contribution in [-0.4, -0.2) is 39.9 Å². The number of halogens is 1. The number of carbonyl (C=O) groups is 1. The first-order valence-electron chi connectivity index (χ1n) is 5.23. The van der Waals surface area contributed by atoms with Crippen molar-refractivity contribution in [1.82, 2.24) is 10.3 Å². The molecule has 0 atom stereocenters. The van der Waals surface area contributed by atoms with Crippen LogP contribution in [0, 0.1) is 0 Å². The molecule has 1 aromatic rings. The summed E-state index contributed by atoms with van der Waals surface area (Å²) in [6, 6.07) is 4.97. The molecule has 1 aromatic heterocycles. The highest BCUT2D eigenvalue weighted by Crippen LogP contribution is 2.11. The maximum Gasteiger partial charge on any atom is 0.270 e. The predicted molar refractivity (Wildman–Crippen MR) is 66.6 cm³/mol. The van der Waals surface area contributed by atoms with E-state index in [1.54, 1.807) is 25.1 Å². The van der Waals surface area contributed by atoms with E-state index in [0.29, 0.717) is 11.0 Å². The standard InChI is InChI=1S/C11H15BrN2O3/c1-2-11(6-15,7-16)14-10(17)8-4-3-5-9(12)13-8/h3-5,15-16H,2,6-7H2,1H3,(H,14,17). The van der Waals surface area contributed by atoms with Gasteiger partial charge in [0, 0.05) is 0 Å². The highest BCUT2D eigenvalue weighted by atomic mass is 79.9. The van der Waals surface area contributed by atoms with Gasteiger partial charge in [0.25, 0.3) is 5.91 Å². The van der Waals surface area contributed by atoms with Crippen molar-refractivity contribution >= 4 is 21.8 Å². The number of hydrogen-bond donors (Lipinski definition) is 3. The Morgan fingerprint density at radius 1 is 1.47 bits per heavy atom. The molecular weight excluding hydrogens is 288 g/mol. The fourth-order valence-electron chi connectivity index (χ4n) is 1.28. The Hall–Kier alpha value is -0.980. The molecule has 6 heteroatoms. The summed E-state index contributed by atoms with van der Waals surface area (Å²) in [5.74, 6) is -0.420. The lowest BCUT2D eigenvalue weighted by Crippen LogP contribution is -2.53. The predicted octanol–water partition coefficient (Wildman–Crippen LogP) is 0.707. The number of hydrogen-bond acceptors (Lipinski definition) is 4. The lowest BCUT2D eigenvalue weighted by Gasteiger charge is -2.29. The van der Waals surface area contributed by atoms with Crippen molar-refractivity contribution in [2.75, 3.05) is 13.2 Å². The Morgan fingerprint density at radius 2 is 2.12 bits per heavy atom. The van der Waals surface area contributed by atoms with Crippen molar-refractivity contribution in [1.29, 1.82) is 0 Å². The Bertz CT molecular complexity index is 386. The van der Waals surface area contributed by atoms with Crippen LogP contribution in [0.25, 0.3) is 0 Å². The van der Waals surface area contributed by atoms with E-state index in [2.05, 4.69) is 26.2 Å². The van der Waals surface area contributed by atoms with Crippen LogP contribution in [0.3, 0.4) is 0 Å². The summed E-state index contributed by atoms with van der Waals surface area (Å²) in [6.45, 7) is 1.14. The van der Waals surface area contributed by atoms with Gasteiger partial charge in [0.1, 0.15) is 10.3 Å². The SMILES string of the molecule is CCC(CO)(CO)NC(=O)c1cccc(Br)n1. The van der Waals surface area contributed by atoms with Crippen molar-refractivity contribution in [3.05, 3.63) is 28.5 Å². The molecule has 0 radical (unpaired) electrons. The molecule has 0 saturated carbocycles. The number of amides is 1.